The van der Waals surface area contributed by atoms with E-state index in [2.05, 4.69) is 9.46 Å². The minimum absolute atomic E-state index is 0.0477. The second-order valence-electron chi connectivity index (χ2n) is 8.23. The molecule has 0 unspecified atom stereocenters. The molecule has 9 nitrogen and oxygen atoms in total. The molecule has 198 valence electrons. The highest BCUT2D eigenvalue weighted by Gasteiger charge is 2.21. The van der Waals surface area contributed by atoms with Crippen LogP contribution in [0.4, 0.5) is 10.1 Å². The van der Waals surface area contributed by atoms with E-state index in [0.717, 1.165) is 13.2 Å². The standard InChI is InChI=1S/C28H21FN2O7S/c1-36-27(32)20-7-10-26(24(14-20)28(33)37-2)31-39(34,35)23-9-6-18-12-22(8-5-19(18)13-23)38-16-21-4-3-17(15-30)11-25(21)29/h3-14,31H,16H2,1-2H3. The Hall–Kier alpha value is -4.95. The number of ether oxygens (including phenoxy) is 3. The largest absolute Gasteiger partial charge is 0.489 e. The molecule has 0 heterocycles. The van der Waals surface area contributed by atoms with Crippen LogP contribution in [0.3, 0.4) is 0 Å². The number of nitrogens with zero attached hydrogens (tertiary/aromatic N) is 1. The molecule has 0 aliphatic heterocycles. The van der Waals surface area contributed by atoms with Crippen LogP contribution < -0.4 is 9.46 Å². The summed E-state index contributed by atoms with van der Waals surface area (Å²) in [6, 6.07) is 19.1. The number of esters is 2. The van der Waals surface area contributed by atoms with E-state index in [0.29, 0.717) is 16.5 Å². The molecule has 4 aromatic rings. The van der Waals surface area contributed by atoms with Gasteiger partial charge in [0.25, 0.3) is 10.0 Å². The summed E-state index contributed by atoms with van der Waals surface area (Å²) >= 11 is 0. The van der Waals surface area contributed by atoms with Crippen molar-refractivity contribution >= 4 is 38.4 Å². The summed E-state index contributed by atoms with van der Waals surface area (Å²) in [6.07, 6.45) is 0. The molecular weight excluding hydrogens is 527 g/mol. The van der Waals surface area contributed by atoms with E-state index in [4.69, 9.17) is 14.7 Å². The van der Waals surface area contributed by atoms with E-state index < -0.39 is 27.8 Å². The lowest BCUT2D eigenvalue weighted by atomic mass is 10.1. The van der Waals surface area contributed by atoms with Gasteiger partial charge in [-0.25, -0.2) is 22.4 Å². The van der Waals surface area contributed by atoms with Crippen molar-refractivity contribution in [1.29, 1.82) is 5.26 Å². The normalized spacial score (nSPS) is 10.9. The first-order valence-corrected chi connectivity index (χ1v) is 12.8. The second-order valence-corrected chi connectivity index (χ2v) is 9.91. The van der Waals surface area contributed by atoms with E-state index in [1.54, 1.807) is 24.3 Å². The molecular formula is C28H21FN2O7S. The number of halogens is 1. The average molecular weight is 549 g/mol. The third-order valence-electron chi connectivity index (χ3n) is 5.76. The summed E-state index contributed by atoms with van der Waals surface area (Å²) in [5.41, 5.74) is 0.305. The molecule has 0 saturated carbocycles. The fourth-order valence-corrected chi connectivity index (χ4v) is 4.83. The van der Waals surface area contributed by atoms with Crippen LogP contribution in [-0.4, -0.2) is 34.6 Å². The number of carbonyl (C=O) groups is 2. The van der Waals surface area contributed by atoms with Crippen LogP contribution >= 0.6 is 0 Å². The predicted octanol–water partition coefficient (Wildman–Crippen LogP) is 4.80. The molecule has 0 spiro atoms. The molecule has 0 bridgehead atoms. The highest BCUT2D eigenvalue weighted by atomic mass is 32.2. The van der Waals surface area contributed by atoms with E-state index in [9.17, 15) is 22.4 Å². The molecule has 11 heteroatoms. The number of carbonyl (C=O) groups excluding carboxylic acids is 2. The van der Waals surface area contributed by atoms with Gasteiger partial charge in [-0.1, -0.05) is 18.2 Å². The molecule has 0 atom stereocenters. The fourth-order valence-electron chi connectivity index (χ4n) is 3.71. The highest BCUT2D eigenvalue weighted by Crippen LogP contribution is 2.27. The van der Waals surface area contributed by atoms with Gasteiger partial charge in [0.15, 0.2) is 0 Å². The molecule has 1 N–H and O–H groups in total. The van der Waals surface area contributed by atoms with Gasteiger partial charge in [0.2, 0.25) is 0 Å². The van der Waals surface area contributed by atoms with Gasteiger partial charge >= 0.3 is 11.9 Å². The number of benzene rings is 4. The number of nitriles is 1. The molecule has 0 saturated heterocycles. The van der Waals surface area contributed by atoms with Crippen molar-refractivity contribution in [3.8, 4) is 11.8 Å². The summed E-state index contributed by atoms with van der Waals surface area (Å²) in [7, 11) is -1.83. The minimum atomic E-state index is -4.14. The van der Waals surface area contributed by atoms with Crippen molar-refractivity contribution < 1.29 is 36.6 Å². The van der Waals surface area contributed by atoms with Gasteiger partial charge in [0, 0.05) is 5.56 Å². The maximum absolute atomic E-state index is 14.1. The molecule has 0 aliphatic carbocycles. The summed E-state index contributed by atoms with van der Waals surface area (Å²) < 4.78 is 57.9. The molecule has 4 rings (SSSR count). The third-order valence-corrected chi connectivity index (χ3v) is 7.12. The van der Waals surface area contributed by atoms with Crippen LogP contribution in [0.25, 0.3) is 10.8 Å². The minimum Gasteiger partial charge on any atom is -0.489 e. The lowest BCUT2D eigenvalue weighted by Crippen LogP contribution is -2.17. The number of hydrogen-bond acceptors (Lipinski definition) is 8. The first-order chi connectivity index (χ1) is 18.6. The third kappa shape index (κ3) is 5.97. The van der Waals surface area contributed by atoms with Crippen LogP contribution in [0.15, 0.2) is 77.7 Å². The number of anilines is 1. The Kier molecular flexibility index (Phi) is 7.78. The molecule has 0 amide bonds. The van der Waals surface area contributed by atoms with Gasteiger partial charge in [-0.15, -0.1) is 0 Å². The quantitative estimate of drug-likeness (QED) is 0.311. The van der Waals surface area contributed by atoms with Crippen LogP contribution in [0.5, 0.6) is 5.75 Å². The monoisotopic (exact) mass is 548 g/mol. The Morgan fingerprint density at radius 1 is 0.897 bits per heavy atom. The summed E-state index contributed by atoms with van der Waals surface area (Å²) in [6.45, 7) is -0.0588. The van der Waals surface area contributed by atoms with Crippen molar-refractivity contribution in [1.82, 2.24) is 0 Å². The van der Waals surface area contributed by atoms with Gasteiger partial charge in [-0.3, -0.25) is 4.72 Å². The van der Waals surface area contributed by atoms with Crippen molar-refractivity contribution in [2.45, 2.75) is 11.5 Å². The first kappa shape index (κ1) is 27.1. The molecule has 39 heavy (non-hydrogen) atoms. The zero-order valence-electron chi connectivity index (χ0n) is 20.7. The van der Waals surface area contributed by atoms with Gasteiger partial charge in [0.1, 0.15) is 18.2 Å². The van der Waals surface area contributed by atoms with Crippen molar-refractivity contribution in [2.24, 2.45) is 0 Å². The zero-order chi connectivity index (χ0) is 28.2. The van der Waals surface area contributed by atoms with E-state index in [-0.39, 0.29) is 39.4 Å². The zero-order valence-corrected chi connectivity index (χ0v) is 21.5. The lowest BCUT2D eigenvalue weighted by molar-refractivity contribution is 0.0600. The Morgan fingerprint density at radius 3 is 2.31 bits per heavy atom. The fraction of sp³-hybridized carbons (Fsp3) is 0.107. The van der Waals surface area contributed by atoms with Gasteiger partial charge in [0.05, 0.1) is 47.6 Å². The second kappa shape index (κ2) is 11.2. The Morgan fingerprint density at radius 2 is 1.62 bits per heavy atom. The Bertz CT molecular complexity index is 1750. The number of nitrogens with one attached hydrogen (secondary N) is 1. The Balaban J connectivity index is 1.56. The highest BCUT2D eigenvalue weighted by molar-refractivity contribution is 7.92. The summed E-state index contributed by atoms with van der Waals surface area (Å²) in [4.78, 5) is 24.0. The van der Waals surface area contributed by atoms with Gasteiger partial charge in [-0.05, 0) is 65.4 Å². The SMILES string of the molecule is COC(=O)c1ccc(NS(=O)(=O)c2ccc3cc(OCc4ccc(C#N)cc4F)ccc3c2)c(C(=O)OC)c1. The van der Waals surface area contributed by atoms with E-state index in [1.165, 1.54) is 49.6 Å². The maximum atomic E-state index is 14.1. The van der Waals surface area contributed by atoms with Crippen molar-refractivity contribution in [2.75, 3.05) is 18.9 Å². The van der Waals surface area contributed by atoms with Gasteiger partial charge < -0.3 is 14.2 Å². The van der Waals surface area contributed by atoms with E-state index >= 15 is 0 Å². The van der Waals surface area contributed by atoms with Crippen molar-refractivity contribution in [3.05, 3.63) is 101 Å². The molecule has 4 aromatic carbocycles. The van der Waals surface area contributed by atoms with Crippen LogP contribution in [0.2, 0.25) is 0 Å². The number of hydrogen-bond donors (Lipinski definition) is 1. The number of sulfonamides is 1. The Labute approximate surface area is 223 Å². The summed E-state index contributed by atoms with van der Waals surface area (Å²) in [5, 5.41) is 10.1. The number of rotatable bonds is 8. The smallest absolute Gasteiger partial charge is 0.340 e. The van der Waals surface area contributed by atoms with Crippen LogP contribution in [0.1, 0.15) is 31.8 Å². The van der Waals surface area contributed by atoms with E-state index in [1.807, 2.05) is 6.07 Å². The maximum Gasteiger partial charge on any atom is 0.340 e. The molecule has 0 aliphatic rings. The summed E-state index contributed by atoms with van der Waals surface area (Å²) in [5.74, 6) is -1.65. The first-order valence-electron chi connectivity index (χ1n) is 11.3. The van der Waals surface area contributed by atoms with Crippen molar-refractivity contribution in [3.63, 3.8) is 0 Å². The molecule has 0 fully saturated rings. The molecule has 0 aromatic heterocycles. The number of fused-ring (bicyclic) bond motifs is 1. The number of methoxy groups -OCH3 is 2. The molecule has 0 radical (unpaired) electrons. The topological polar surface area (TPSA) is 132 Å². The lowest BCUT2D eigenvalue weighted by Gasteiger charge is -2.13. The van der Waals surface area contributed by atoms with Gasteiger partial charge in [-0.2, -0.15) is 5.26 Å². The predicted molar refractivity (Wildman–Crippen MR) is 139 cm³/mol. The van der Waals surface area contributed by atoms with Crippen LogP contribution in [-0.2, 0) is 26.1 Å². The van der Waals surface area contributed by atoms with Crippen LogP contribution in [0, 0.1) is 17.1 Å². The average Bonchev–Trinajstić information content (AvgIpc) is 2.95.